The first kappa shape index (κ1) is 21.5. The summed E-state index contributed by atoms with van der Waals surface area (Å²) in [6, 6.07) is 8.32. The predicted octanol–water partition coefficient (Wildman–Crippen LogP) is 3.83. The van der Waals surface area contributed by atoms with Crippen LogP contribution in [-0.4, -0.2) is 45.2 Å². The van der Waals surface area contributed by atoms with Crippen molar-refractivity contribution in [2.45, 2.75) is 59.9 Å². The summed E-state index contributed by atoms with van der Waals surface area (Å²) >= 11 is 0. The van der Waals surface area contributed by atoms with E-state index in [1.807, 2.05) is 26.0 Å². The van der Waals surface area contributed by atoms with Crippen LogP contribution >= 0.6 is 0 Å². The quantitative estimate of drug-likeness (QED) is 0.735. The van der Waals surface area contributed by atoms with Gasteiger partial charge in [-0.3, -0.25) is 4.79 Å². The number of likely N-dealkylation sites (tertiary alicyclic amines) is 1. The first-order valence-corrected chi connectivity index (χ1v) is 10.9. The van der Waals surface area contributed by atoms with Gasteiger partial charge in [0.2, 0.25) is 5.91 Å². The molecular formula is C23H35N5O. The molecule has 1 aromatic heterocycles. The second kappa shape index (κ2) is 10.0. The second-order valence-electron chi connectivity index (χ2n) is 8.38. The Kier molecular flexibility index (Phi) is 7.42. The lowest BCUT2D eigenvalue weighted by molar-refractivity contribution is -0.116. The van der Waals surface area contributed by atoms with Gasteiger partial charge < -0.3 is 10.2 Å². The summed E-state index contributed by atoms with van der Waals surface area (Å²) in [4.78, 5) is 19.1. The van der Waals surface area contributed by atoms with Crippen LogP contribution in [0.25, 0.3) is 0 Å². The summed E-state index contributed by atoms with van der Waals surface area (Å²) in [6.45, 7) is 12.6. The van der Waals surface area contributed by atoms with Gasteiger partial charge in [0.25, 0.3) is 0 Å². The minimum atomic E-state index is 0.00168. The Morgan fingerprint density at radius 3 is 2.62 bits per heavy atom. The molecule has 0 saturated carbocycles. The van der Waals surface area contributed by atoms with E-state index in [-0.39, 0.29) is 5.91 Å². The average Bonchev–Trinajstić information content (AvgIpc) is 3.03. The van der Waals surface area contributed by atoms with Crippen molar-refractivity contribution in [2.75, 3.05) is 25.0 Å². The van der Waals surface area contributed by atoms with Gasteiger partial charge in [0.15, 0.2) is 0 Å². The molecule has 0 unspecified atom stereocenters. The van der Waals surface area contributed by atoms with E-state index < -0.39 is 0 Å². The van der Waals surface area contributed by atoms with Crippen LogP contribution in [0.5, 0.6) is 0 Å². The number of carbonyl (C=O) groups excluding carboxylic acids is 1. The molecule has 0 spiro atoms. The Bertz CT molecular complexity index is 798. The van der Waals surface area contributed by atoms with Gasteiger partial charge in [-0.05, 0) is 75.7 Å². The molecule has 158 valence electrons. The number of nitrogens with zero attached hydrogens (tertiary/aromatic N) is 4. The summed E-state index contributed by atoms with van der Waals surface area (Å²) in [7, 11) is 0. The monoisotopic (exact) mass is 397 g/mol. The lowest BCUT2D eigenvalue weighted by atomic mass is 9.83. The number of piperidine rings is 1. The number of benzene rings is 1. The van der Waals surface area contributed by atoms with E-state index >= 15 is 0 Å². The van der Waals surface area contributed by atoms with Gasteiger partial charge in [-0.25, -0.2) is 9.67 Å². The van der Waals surface area contributed by atoms with Crippen molar-refractivity contribution in [1.29, 1.82) is 0 Å². The molecule has 1 N–H and O–H groups in total. The molecule has 1 aliphatic heterocycles. The largest absolute Gasteiger partial charge is 0.326 e. The summed E-state index contributed by atoms with van der Waals surface area (Å²) in [5.74, 6) is 3.18. The van der Waals surface area contributed by atoms with Crippen molar-refractivity contribution >= 4 is 11.6 Å². The Morgan fingerprint density at radius 1 is 1.24 bits per heavy atom. The van der Waals surface area contributed by atoms with E-state index in [4.69, 9.17) is 0 Å². The Hall–Kier alpha value is -2.21. The van der Waals surface area contributed by atoms with Crippen LogP contribution in [0.1, 0.15) is 50.3 Å². The fourth-order valence-corrected chi connectivity index (χ4v) is 4.31. The molecule has 1 aromatic carbocycles. The van der Waals surface area contributed by atoms with Gasteiger partial charge in [0, 0.05) is 18.7 Å². The molecule has 6 heteroatoms. The molecule has 0 bridgehead atoms. The molecule has 29 heavy (non-hydrogen) atoms. The fraction of sp³-hybridized carbons (Fsp3) is 0.609. The van der Waals surface area contributed by atoms with Crippen LogP contribution in [0.4, 0.5) is 5.69 Å². The zero-order valence-corrected chi connectivity index (χ0v) is 18.3. The number of nitrogens with one attached hydrogen (secondary N) is 1. The maximum atomic E-state index is 12.2. The molecule has 1 amide bonds. The number of aromatic nitrogens is 3. The normalized spacial score (nSPS) is 20.0. The molecule has 1 aliphatic rings. The highest BCUT2D eigenvalue weighted by molar-refractivity contribution is 5.90. The van der Waals surface area contributed by atoms with Crippen LogP contribution in [-0.2, 0) is 17.8 Å². The lowest BCUT2D eigenvalue weighted by Crippen LogP contribution is -2.39. The average molecular weight is 398 g/mol. The lowest BCUT2D eigenvalue weighted by Gasteiger charge is -2.36. The molecule has 2 aromatic rings. The second-order valence-corrected chi connectivity index (χ2v) is 8.38. The van der Waals surface area contributed by atoms with E-state index in [1.165, 1.54) is 38.0 Å². The molecule has 1 saturated heterocycles. The Balaban J connectivity index is 1.42. The van der Waals surface area contributed by atoms with Crippen LogP contribution in [0.3, 0.4) is 0 Å². The van der Waals surface area contributed by atoms with Gasteiger partial charge in [-0.15, -0.1) is 0 Å². The topological polar surface area (TPSA) is 63.1 Å². The van der Waals surface area contributed by atoms with Gasteiger partial charge in [0.05, 0.1) is 6.54 Å². The summed E-state index contributed by atoms with van der Waals surface area (Å²) < 4.78 is 1.78. The van der Waals surface area contributed by atoms with Gasteiger partial charge in [-0.2, -0.15) is 5.10 Å². The summed E-state index contributed by atoms with van der Waals surface area (Å²) in [6.07, 6.45) is 4.06. The highest BCUT2D eigenvalue weighted by Gasteiger charge is 2.24. The number of aryl methyl sites for hydroxylation is 4. The van der Waals surface area contributed by atoms with Crippen molar-refractivity contribution in [2.24, 2.45) is 11.8 Å². The zero-order valence-electron chi connectivity index (χ0n) is 18.3. The van der Waals surface area contributed by atoms with Crippen LogP contribution < -0.4 is 5.32 Å². The maximum Gasteiger partial charge on any atom is 0.226 e. The molecule has 0 radical (unpaired) electrons. The van der Waals surface area contributed by atoms with Crippen LogP contribution in [0.15, 0.2) is 24.3 Å². The zero-order chi connectivity index (χ0) is 20.8. The van der Waals surface area contributed by atoms with E-state index in [0.717, 1.165) is 35.6 Å². The van der Waals surface area contributed by atoms with E-state index in [9.17, 15) is 4.79 Å². The maximum absolute atomic E-state index is 12.2. The molecule has 3 rings (SSSR count). The van der Waals surface area contributed by atoms with E-state index in [1.54, 1.807) is 4.68 Å². The molecular weight excluding hydrogens is 362 g/mol. The van der Waals surface area contributed by atoms with Crippen LogP contribution in [0.2, 0.25) is 0 Å². The number of hydrogen-bond acceptors (Lipinski definition) is 4. The Morgan fingerprint density at radius 2 is 2.00 bits per heavy atom. The van der Waals surface area contributed by atoms with Crippen LogP contribution in [0, 0.1) is 25.7 Å². The number of anilines is 1. The number of rotatable bonds is 8. The Labute approximate surface area is 174 Å². The third kappa shape index (κ3) is 6.13. The molecule has 0 aliphatic carbocycles. The molecule has 2 heterocycles. The van der Waals surface area contributed by atoms with Gasteiger partial charge in [-0.1, -0.05) is 26.0 Å². The van der Waals surface area contributed by atoms with E-state index in [0.29, 0.717) is 13.0 Å². The summed E-state index contributed by atoms with van der Waals surface area (Å²) in [5, 5.41) is 7.28. The van der Waals surface area contributed by atoms with Crippen molar-refractivity contribution in [3.05, 3.63) is 41.5 Å². The third-order valence-electron chi connectivity index (χ3n) is 6.17. The first-order valence-electron chi connectivity index (χ1n) is 10.9. The molecule has 6 nitrogen and oxygen atoms in total. The van der Waals surface area contributed by atoms with Crippen molar-refractivity contribution in [3.8, 4) is 0 Å². The van der Waals surface area contributed by atoms with E-state index in [2.05, 4.69) is 46.3 Å². The first-order chi connectivity index (χ1) is 13.9. The minimum Gasteiger partial charge on any atom is -0.326 e. The minimum absolute atomic E-state index is 0.00168. The third-order valence-corrected chi connectivity index (χ3v) is 6.17. The highest BCUT2D eigenvalue weighted by Crippen LogP contribution is 2.27. The SMILES string of the molecule is CCN1CC[C@@H](CCc2ccc(NC(=O)CCn3nc(C)nc3C)cc2)[C@H](C)C1. The number of carbonyl (C=O) groups is 1. The standard InChI is InChI=1S/C23H35N5O/c1-5-27-14-12-21(17(2)16-27)9-6-20-7-10-22(11-8-20)25-23(29)13-15-28-19(4)24-18(3)26-28/h7-8,10-11,17,21H,5-6,9,12-16H2,1-4H3,(H,25,29)/t17-,21-/m1/s1. The van der Waals surface area contributed by atoms with Gasteiger partial charge >= 0.3 is 0 Å². The predicted molar refractivity (Wildman–Crippen MR) is 117 cm³/mol. The molecule has 1 fully saturated rings. The van der Waals surface area contributed by atoms with Crippen molar-refractivity contribution < 1.29 is 4.79 Å². The highest BCUT2D eigenvalue weighted by atomic mass is 16.1. The number of hydrogen-bond donors (Lipinski definition) is 1. The fourth-order valence-electron chi connectivity index (χ4n) is 4.31. The summed E-state index contributed by atoms with van der Waals surface area (Å²) in [5.41, 5.74) is 2.21. The number of amides is 1. The van der Waals surface area contributed by atoms with Crippen molar-refractivity contribution in [3.63, 3.8) is 0 Å². The smallest absolute Gasteiger partial charge is 0.226 e. The molecule has 2 atom stereocenters. The van der Waals surface area contributed by atoms with Gasteiger partial charge in [0.1, 0.15) is 11.6 Å². The van der Waals surface area contributed by atoms with Crippen molar-refractivity contribution in [1.82, 2.24) is 19.7 Å².